The minimum Gasteiger partial charge on any atom is -0.289 e. The van der Waals surface area contributed by atoms with Crippen molar-refractivity contribution in [2.45, 2.75) is 59.8 Å². The number of benzene rings is 1. The van der Waals surface area contributed by atoms with Crippen LogP contribution < -0.4 is 0 Å². The highest BCUT2D eigenvalue weighted by molar-refractivity contribution is 6.26. The number of carbonyl (C=O) groups is 2. The Morgan fingerprint density at radius 2 is 1.73 bits per heavy atom. The minimum absolute atomic E-state index is 0.0000463. The number of rotatable bonds is 6. The Kier molecular flexibility index (Phi) is 5.13. The van der Waals surface area contributed by atoms with Crippen LogP contribution in [-0.2, 0) is 0 Å². The van der Waals surface area contributed by atoms with Gasteiger partial charge in [-0.1, -0.05) is 61.4 Å². The van der Waals surface area contributed by atoms with Crippen molar-refractivity contribution in [1.82, 2.24) is 0 Å². The van der Waals surface area contributed by atoms with Gasteiger partial charge < -0.3 is 0 Å². The summed E-state index contributed by atoms with van der Waals surface area (Å²) < 4.78 is 0. The molecule has 0 spiro atoms. The largest absolute Gasteiger partial charge is 0.289 e. The molecule has 1 saturated carbocycles. The van der Waals surface area contributed by atoms with E-state index in [2.05, 4.69) is 32.9 Å². The van der Waals surface area contributed by atoms with Crippen LogP contribution in [0.15, 0.2) is 58.7 Å². The molecule has 136 valence electrons. The van der Waals surface area contributed by atoms with E-state index in [1.165, 1.54) is 18.4 Å². The van der Waals surface area contributed by atoms with E-state index in [-0.39, 0.29) is 17.0 Å². The number of ketones is 2. The van der Waals surface area contributed by atoms with Gasteiger partial charge in [0.1, 0.15) is 0 Å². The van der Waals surface area contributed by atoms with Crippen LogP contribution in [0, 0.1) is 5.41 Å². The van der Waals surface area contributed by atoms with E-state index >= 15 is 0 Å². The average Bonchev–Trinajstić information content (AvgIpc) is 3.48. The van der Waals surface area contributed by atoms with Crippen molar-refractivity contribution in [1.29, 1.82) is 0 Å². The van der Waals surface area contributed by atoms with E-state index in [1.807, 2.05) is 12.1 Å². The topological polar surface area (TPSA) is 34.1 Å². The summed E-state index contributed by atoms with van der Waals surface area (Å²) in [5.41, 5.74) is 5.31. The van der Waals surface area contributed by atoms with Gasteiger partial charge in [0.25, 0.3) is 0 Å². The Hall–Kier alpha value is -2.22. The number of carbonyl (C=O) groups excluding carboxylic acids is 2. The predicted octanol–water partition coefficient (Wildman–Crippen LogP) is 6.25. The molecule has 0 aliphatic heterocycles. The van der Waals surface area contributed by atoms with E-state index in [0.29, 0.717) is 28.7 Å². The molecule has 2 heteroatoms. The third-order valence-corrected chi connectivity index (χ3v) is 6.21. The van der Waals surface area contributed by atoms with Crippen LogP contribution in [0.3, 0.4) is 0 Å². The quantitative estimate of drug-likeness (QED) is 0.570. The summed E-state index contributed by atoms with van der Waals surface area (Å²) >= 11 is 0. The normalized spacial score (nSPS) is 19.4. The molecule has 1 aromatic rings. The summed E-state index contributed by atoms with van der Waals surface area (Å²) in [5.74, 6) is -0.0157. The van der Waals surface area contributed by atoms with Crippen LogP contribution >= 0.6 is 0 Å². The highest BCUT2D eigenvalue weighted by Crippen LogP contribution is 2.39. The molecule has 1 fully saturated rings. The summed E-state index contributed by atoms with van der Waals surface area (Å²) in [6.07, 6.45) is 9.70. The number of allylic oxidation sites excluding steroid dienone is 6. The van der Waals surface area contributed by atoms with Crippen molar-refractivity contribution >= 4 is 11.6 Å². The fraction of sp³-hybridized carbons (Fsp3) is 0.417. The first-order valence-corrected chi connectivity index (χ1v) is 9.60. The third-order valence-electron chi connectivity index (χ3n) is 6.21. The molecule has 2 nitrogen and oxygen atoms in total. The first-order chi connectivity index (χ1) is 12.4. The minimum atomic E-state index is -0.0158. The molecule has 0 radical (unpaired) electrons. The summed E-state index contributed by atoms with van der Waals surface area (Å²) in [5, 5.41) is 0. The summed E-state index contributed by atoms with van der Waals surface area (Å²) in [4.78, 5) is 25.5. The Morgan fingerprint density at radius 3 is 2.31 bits per heavy atom. The molecule has 3 rings (SSSR count). The standard InChI is InChI=1S/C24H28O2/c1-5-24(4,15-14-18-11-12-18)16(2)10-13-19-17(3)22(25)20-8-6-7-9-21(20)23(19)26/h6-10,14H,5,11-13,15H2,1-4H3/b16-10+. The summed E-state index contributed by atoms with van der Waals surface area (Å²) in [6.45, 7) is 8.46. The molecule has 1 unspecified atom stereocenters. The maximum absolute atomic E-state index is 12.9. The first-order valence-electron chi connectivity index (χ1n) is 9.60. The van der Waals surface area contributed by atoms with Crippen LogP contribution in [0.1, 0.15) is 80.5 Å². The highest BCUT2D eigenvalue weighted by atomic mass is 16.1. The highest BCUT2D eigenvalue weighted by Gasteiger charge is 2.29. The lowest BCUT2D eigenvalue weighted by molar-refractivity contribution is 0.0973. The second-order valence-electron chi connectivity index (χ2n) is 7.88. The van der Waals surface area contributed by atoms with Gasteiger partial charge in [-0.25, -0.2) is 0 Å². The van der Waals surface area contributed by atoms with Crippen LogP contribution in [0.2, 0.25) is 0 Å². The molecular weight excluding hydrogens is 320 g/mol. The lowest BCUT2D eigenvalue weighted by Gasteiger charge is -2.29. The molecule has 0 amide bonds. The fourth-order valence-electron chi connectivity index (χ4n) is 3.53. The zero-order chi connectivity index (χ0) is 18.9. The lowest BCUT2D eigenvalue weighted by Crippen LogP contribution is -2.21. The van der Waals surface area contributed by atoms with E-state index in [0.717, 1.165) is 12.8 Å². The molecule has 26 heavy (non-hydrogen) atoms. The maximum Gasteiger partial charge on any atom is 0.190 e. The Balaban J connectivity index is 1.84. The van der Waals surface area contributed by atoms with E-state index < -0.39 is 0 Å². The van der Waals surface area contributed by atoms with Gasteiger partial charge in [-0.15, -0.1) is 0 Å². The number of hydrogen-bond acceptors (Lipinski definition) is 2. The maximum atomic E-state index is 12.9. The van der Waals surface area contributed by atoms with Crippen molar-refractivity contribution in [2.75, 3.05) is 0 Å². The van der Waals surface area contributed by atoms with Crippen molar-refractivity contribution in [3.8, 4) is 0 Å². The molecule has 0 heterocycles. The van der Waals surface area contributed by atoms with E-state index in [4.69, 9.17) is 0 Å². The Bertz CT molecular complexity index is 845. The fourth-order valence-corrected chi connectivity index (χ4v) is 3.53. The van der Waals surface area contributed by atoms with Crippen LogP contribution in [0.4, 0.5) is 0 Å². The van der Waals surface area contributed by atoms with Gasteiger partial charge in [-0.2, -0.15) is 0 Å². The summed E-state index contributed by atoms with van der Waals surface area (Å²) in [7, 11) is 0. The summed E-state index contributed by atoms with van der Waals surface area (Å²) in [6, 6.07) is 7.14. The molecule has 1 aromatic carbocycles. The Morgan fingerprint density at radius 1 is 1.12 bits per heavy atom. The lowest BCUT2D eigenvalue weighted by atomic mass is 9.76. The van der Waals surface area contributed by atoms with Crippen LogP contribution in [-0.4, -0.2) is 11.6 Å². The molecule has 1 atom stereocenters. The molecule has 0 bridgehead atoms. The molecule has 2 aliphatic carbocycles. The van der Waals surface area contributed by atoms with Crippen molar-refractivity contribution in [2.24, 2.45) is 5.41 Å². The van der Waals surface area contributed by atoms with Gasteiger partial charge in [0.2, 0.25) is 0 Å². The van der Waals surface area contributed by atoms with E-state index in [9.17, 15) is 9.59 Å². The SMILES string of the molecule is CCC(C)(CC=C1CC1)/C(C)=C/CC1=C(C)C(=O)c2ccccc2C1=O. The monoisotopic (exact) mass is 348 g/mol. The predicted molar refractivity (Wildman–Crippen MR) is 107 cm³/mol. The average molecular weight is 348 g/mol. The van der Waals surface area contributed by atoms with Crippen LogP contribution in [0.25, 0.3) is 0 Å². The second-order valence-corrected chi connectivity index (χ2v) is 7.88. The number of hydrogen-bond donors (Lipinski definition) is 0. The van der Waals surface area contributed by atoms with Gasteiger partial charge in [-0.3, -0.25) is 9.59 Å². The van der Waals surface area contributed by atoms with Gasteiger partial charge in [0.05, 0.1) is 0 Å². The molecule has 2 aliphatic rings. The molecule has 0 N–H and O–H groups in total. The molecule has 0 saturated heterocycles. The third kappa shape index (κ3) is 3.51. The zero-order valence-electron chi connectivity index (χ0n) is 16.3. The van der Waals surface area contributed by atoms with Crippen molar-refractivity contribution in [3.63, 3.8) is 0 Å². The molecule has 0 aromatic heterocycles. The smallest absolute Gasteiger partial charge is 0.190 e. The number of fused-ring (bicyclic) bond motifs is 1. The molecular formula is C24H28O2. The van der Waals surface area contributed by atoms with Gasteiger partial charge in [-0.05, 0) is 51.4 Å². The van der Waals surface area contributed by atoms with Crippen LogP contribution in [0.5, 0.6) is 0 Å². The number of Topliss-reactive ketones (excluding diaryl/α,β-unsaturated/α-hetero) is 2. The zero-order valence-corrected chi connectivity index (χ0v) is 16.3. The first kappa shape index (κ1) is 18.6. The van der Waals surface area contributed by atoms with E-state index in [1.54, 1.807) is 24.6 Å². The van der Waals surface area contributed by atoms with Gasteiger partial charge >= 0.3 is 0 Å². The second kappa shape index (κ2) is 7.19. The van der Waals surface area contributed by atoms with Gasteiger partial charge in [0.15, 0.2) is 11.6 Å². The van der Waals surface area contributed by atoms with Gasteiger partial charge in [0, 0.05) is 22.3 Å². The Labute approximate surface area is 156 Å². The van der Waals surface area contributed by atoms with Crippen molar-refractivity contribution < 1.29 is 9.59 Å². The van der Waals surface area contributed by atoms with Crippen molar-refractivity contribution in [3.05, 3.63) is 69.8 Å².